The third-order valence-corrected chi connectivity index (χ3v) is 0.766. The van der Waals surface area contributed by atoms with E-state index in [1.165, 1.54) is 0 Å². The maximum atomic E-state index is 10.1. The van der Waals surface area contributed by atoms with Crippen LogP contribution in [-0.2, 0) is 0 Å². The largest absolute Gasteiger partial charge is 0.583 e. The van der Waals surface area contributed by atoms with E-state index >= 15 is 0 Å². The van der Waals surface area contributed by atoms with E-state index in [0.29, 0.717) is 0 Å². The molecule has 10 heavy (non-hydrogen) atoms. The highest BCUT2D eigenvalue weighted by Gasteiger charge is 2.19. The van der Waals surface area contributed by atoms with Crippen LogP contribution < -0.4 is 0 Å². The van der Waals surface area contributed by atoms with Crippen molar-refractivity contribution >= 4 is 11.9 Å². The lowest BCUT2D eigenvalue weighted by molar-refractivity contribution is 0.0684. The van der Waals surface area contributed by atoms with Crippen LogP contribution in [0.3, 0.4) is 0 Å². The van der Waals surface area contributed by atoms with E-state index in [9.17, 15) is 4.79 Å². The van der Waals surface area contributed by atoms with Gasteiger partial charge in [0, 0.05) is 5.10 Å². The average Bonchev–Trinajstić information content (AvgIpc) is 2.34. The van der Waals surface area contributed by atoms with Crippen molar-refractivity contribution in [1.82, 2.24) is 15.2 Å². The molecular formula is C3H2N5O2+. The Balaban J connectivity index is 3.02. The van der Waals surface area contributed by atoms with Crippen molar-refractivity contribution in [3.63, 3.8) is 0 Å². The molecule has 0 unspecified atom stereocenters. The summed E-state index contributed by atoms with van der Waals surface area (Å²) in [6, 6.07) is 0. The van der Waals surface area contributed by atoms with Gasteiger partial charge in [-0.25, -0.2) is 4.79 Å². The van der Waals surface area contributed by atoms with Crippen molar-refractivity contribution in [2.24, 2.45) is 0 Å². The number of nitrogens with one attached hydrogen (secondary N) is 1. The quantitative estimate of drug-likeness (QED) is 0.533. The topological polar surface area (TPSA) is 107 Å². The maximum Gasteiger partial charge on any atom is 0.583 e. The molecule has 0 atom stereocenters. The van der Waals surface area contributed by atoms with Gasteiger partial charge in [-0.1, -0.05) is 0 Å². The molecule has 0 spiro atoms. The Bertz CT molecular complexity index is 296. The van der Waals surface area contributed by atoms with Crippen LogP contribution in [0.1, 0.15) is 10.6 Å². The van der Waals surface area contributed by atoms with E-state index in [4.69, 9.17) is 10.5 Å². The second kappa shape index (κ2) is 2.10. The zero-order chi connectivity index (χ0) is 7.56. The highest BCUT2D eigenvalue weighted by molar-refractivity contribution is 5.83. The molecule has 7 nitrogen and oxygen atoms in total. The number of carbonyl (C=O) groups is 1. The van der Waals surface area contributed by atoms with E-state index in [2.05, 4.69) is 15.1 Å². The SMILES string of the molecule is N#[N+]c1n[nH]c(C(=O)O)n1. The summed E-state index contributed by atoms with van der Waals surface area (Å²) in [7, 11) is 0. The summed E-state index contributed by atoms with van der Waals surface area (Å²) in [5.74, 6) is -1.90. The van der Waals surface area contributed by atoms with Gasteiger partial charge < -0.3 is 5.11 Å². The Labute approximate surface area is 54.3 Å². The van der Waals surface area contributed by atoms with Crippen LogP contribution in [-0.4, -0.2) is 26.3 Å². The molecular weight excluding hydrogens is 138 g/mol. The van der Waals surface area contributed by atoms with Gasteiger partial charge in [0.2, 0.25) is 0 Å². The fourth-order valence-electron chi connectivity index (χ4n) is 0.393. The van der Waals surface area contributed by atoms with E-state index in [1.54, 1.807) is 0 Å². The van der Waals surface area contributed by atoms with Gasteiger partial charge >= 0.3 is 17.7 Å². The monoisotopic (exact) mass is 140 g/mol. The molecule has 0 saturated heterocycles. The second-order valence-electron chi connectivity index (χ2n) is 1.39. The van der Waals surface area contributed by atoms with Gasteiger partial charge in [-0.3, -0.25) is 0 Å². The van der Waals surface area contributed by atoms with Crippen LogP contribution in [0.2, 0.25) is 0 Å². The molecule has 0 amide bonds. The van der Waals surface area contributed by atoms with E-state index < -0.39 is 5.97 Å². The van der Waals surface area contributed by atoms with Crippen LogP contribution >= 0.6 is 0 Å². The molecule has 1 aromatic heterocycles. The summed E-state index contributed by atoms with van der Waals surface area (Å²) in [4.78, 5) is 15.9. The molecule has 0 bridgehead atoms. The number of hydrogen-bond donors (Lipinski definition) is 2. The number of nitrogens with zero attached hydrogens (tertiary/aromatic N) is 4. The van der Waals surface area contributed by atoms with Gasteiger partial charge in [-0.15, -0.1) is 0 Å². The molecule has 0 aliphatic heterocycles. The van der Waals surface area contributed by atoms with Gasteiger partial charge in [0.15, 0.2) is 0 Å². The predicted octanol–water partition coefficient (Wildman–Crippen LogP) is -0.0125. The zero-order valence-corrected chi connectivity index (χ0v) is 4.64. The van der Waals surface area contributed by atoms with E-state index in [-0.39, 0.29) is 11.8 Å². The molecule has 1 rings (SSSR count). The fourth-order valence-corrected chi connectivity index (χ4v) is 0.393. The van der Waals surface area contributed by atoms with Gasteiger partial charge in [0.25, 0.3) is 0 Å². The third-order valence-electron chi connectivity index (χ3n) is 0.766. The van der Waals surface area contributed by atoms with Crippen molar-refractivity contribution in [2.75, 3.05) is 0 Å². The van der Waals surface area contributed by atoms with Crippen LogP contribution in [0.25, 0.3) is 4.98 Å². The first-order chi connectivity index (χ1) is 4.74. The molecule has 0 aliphatic rings. The van der Waals surface area contributed by atoms with Crippen LogP contribution in [0.5, 0.6) is 0 Å². The Morgan fingerprint density at radius 1 is 1.80 bits per heavy atom. The fraction of sp³-hybridized carbons (Fsp3) is 0. The standard InChI is InChI=1S/C3HN5O2/c4-6-3-5-1(2(9)10)7-8-3/h(H-,5,7,8,9,10)/p+1. The molecule has 1 aromatic rings. The minimum Gasteiger partial charge on any atom is -0.474 e. The molecule has 0 radical (unpaired) electrons. The minimum atomic E-state index is -1.25. The molecule has 2 N–H and O–H groups in total. The average molecular weight is 140 g/mol. The lowest BCUT2D eigenvalue weighted by Crippen LogP contribution is -1.97. The maximum absolute atomic E-state index is 10.1. The zero-order valence-electron chi connectivity index (χ0n) is 4.64. The highest BCUT2D eigenvalue weighted by Crippen LogP contribution is 2.00. The number of carboxylic acid groups (broad SMARTS) is 1. The van der Waals surface area contributed by atoms with Crippen molar-refractivity contribution in [1.29, 1.82) is 5.39 Å². The number of hydrogen-bond acceptors (Lipinski definition) is 4. The van der Waals surface area contributed by atoms with Crippen molar-refractivity contribution < 1.29 is 9.90 Å². The first-order valence-corrected chi connectivity index (χ1v) is 2.25. The number of aromatic amines is 1. The lowest BCUT2D eigenvalue weighted by Gasteiger charge is -1.71. The number of aromatic carboxylic acids is 1. The van der Waals surface area contributed by atoms with Crippen LogP contribution in [0.4, 0.5) is 5.95 Å². The number of aromatic nitrogens is 3. The van der Waals surface area contributed by atoms with Crippen molar-refractivity contribution in [2.45, 2.75) is 0 Å². The highest BCUT2D eigenvalue weighted by atomic mass is 16.4. The molecule has 0 fully saturated rings. The Kier molecular flexibility index (Phi) is 1.29. The van der Waals surface area contributed by atoms with Gasteiger partial charge in [-0.2, -0.15) is 5.10 Å². The Morgan fingerprint density at radius 2 is 2.50 bits per heavy atom. The molecule has 50 valence electrons. The molecule has 0 aromatic carbocycles. The molecule has 1 heterocycles. The summed E-state index contributed by atoms with van der Waals surface area (Å²) in [5, 5.41) is 21.5. The summed E-state index contributed by atoms with van der Waals surface area (Å²) in [6.45, 7) is 0. The van der Waals surface area contributed by atoms with Gasteiger partial charge in [0.05, 0.1) is 5.39 Å². The first kappa shape index (κ1) is 6.15. The number of carboxylic acids is 1. The second-order valence-corrected chi connectivity index (χ2v) is 1.39. The van der Waals surface area contributed by atoms with Crippen molar-refractivity contribution in [3.05, 3.63) is 10.8 Å². The number of rotatable bonds is 1. The van der Waals surface area contributed by atoms with E-state index in [1.807, 2.05) is 5.10 Å². The summed E-state index contributed by atoms with van der Waals surface area (Å²) in [5.41, 5.74) is 0. The summed E-state index contributed by atoms with van der Waals surface area (Å²) in [6.07, 6.45) is 0. The predicted molar refractivity (Wildman–Crippen MR) is 28.1 cm³/mol. The van der Waals surface area contributed by atoms with Gasteiger partial charge in [0.1, 0.15) is 0 Å². The molecule has 7 heteroatoms. The Morgan fingerprint density at radius 3 is 2.80 bits per heavy atom. The van der Waals surface area contributed by atoms with Crippen LogP contribution in [0, 0.1) is 5.39 Å². The van der Waals surface area contributed by atoms with Crippen LogP contribution in [0.15, 0.2) is 0 Å². The Hall–Kier alpha value is -1.97. The van der Waals surface area contributed by atoms with Gasteiger partial charge in [-0.05, 0) is 9.96 Å². The van der Waals surface area contributed by atoms with E-state index in [0.717, 1.165) is 0 Å². The first-order valence-electron chi connectivity index (χ1n) is 2.25. The normalized spacial score (nSPS) is 8.70. The molecule has 0 aliphatic carbocycles. The third kappa shape index (κ3) is 0.899. The minimum absolute atomic E-state index is 0.294. The summed E-state index contributed by atoms with van der Waals surface area (Å²) < 4.78 is 0. The smallest absolute Gasteiger partial charge is 0.474 e. The number of H-pyrrole nitrogens is 1. The lowest BCUT2D eigenvalue weighted by atomic mass is 10.6. The molecule has 0 saturated carbocycles. The number of diazo groups is 1. The summed E-state index contributed by atoms with van der Waals surface area (Å²) >= 11 is 0. The van der Waals surface area contributed by atoms with Crippen molar-refractivity contribution in [3.8, 4) is 0 Å².